The van der Waals surface area contributed by atoms with E-state index in [0.29, 0.717) is 29.5 Å². The number of carbonyl (C=O) groups excluding carboxylic acids is 1. The SMILES string of the molecule is CC#CC(=O)N(C)c1ccc2ncnc(Nc3ccc(Oc4ccn(CC)c(=O)c4)cc3)c2c1. The molecule has 0 saturated carbocycles. The van der Waals surface area contributed by atoms with Gasteiger partial charge in [-0.2, -0.15) is 0 Å². The summed E-state index contributed by atoms with van der Waals surface area (Å²) in [5, 5.41) is 4.06. The number of hydrogen-bond acceptors (Lipinski definition) is 6. The van der Waals surface area contributed by atoms with Gasteiger partial charge in [0.15, 0.2) is 0 Å². The van der Waals surface area contributed by atoms with Gasteiger partial charge in [0.1, 0.15) is 23.6 Å². The lowest BCUT2D eigenvalue weighted by Gasteiger charge is -2.16. The van der Waals surface area contributed by atoms with Crippen molar-refractivity contribution in [1.82, 2.24) is 14.5 Å². The van der Waals surface area contributed by atoms with E-state index in [4.69, 9.17) is 4.74 Å². The van der Waals surface area contributed by atoms with E-state index in [2.05, 4.69) is 27.1 Å². The summed E-state index contributed by atoms with van der Waals surface area (Å²) in [6, 6.07) is 16.0. The predicted octanol–water partition coefficient (Wildman–Crippen LogP) is 4.33. The van der Waals surface area contributed by atoms with E-state index < -0.39 is 0 Å². The Bertz CT molecular complexity index is 1470. The average molecular weight is 454 g/mol. The van der Waals surface area contributed by atoms with E-state index in [1.54, 1.807) is 42.9 Å². The van der Waals surface area contributed by atoms with E-state index in [9.17, 15) is 9.59 Å². The predicted molar refractivity (Wildman–Crippen MR) is 133 cm³/mol. The van der Waals surface area contributed by atoms with Crippen molar-refractivity contribution in [2.24, 2.45) is 0 Å². The van der Waals surface area contributed by atoms with E-state index in [1.807, 2.05) is 37.3 Å². The number of anilines is 3. The number of carbonyl (C=O) groups is 1. The van der Waals surface area contributed by atoms with Gasteiger partial charge in [-0.05, 0) is 68.3 Å². The third-order valence-corrected chi connectivity index (χ3v) is 5.20. The van der Waals surface area contributed by atoms with Crippen molar-refractivity contribution in [2.45, 2.75) is 20.4 Å². The second-order valence-electron chi connectivity index (χ2n) is 7.40. The summed E-state index contributed by atoms with van der Waals surface area (Å²) in [6.07, 6.45) is 3.19. The second-order valence-corrected chi connectivity index (χ2v) is 7.40. The zero-order valence-electron chi connectivity index (χ0n) is 19.1. The maximum Gasteiger partial charge on any atom is 0.302 e. The summed E-state index contributed by atoms with van der Waals surface area (Å²) in [5.41, 5.74) is 2.11. The van der Waals surface area contributed by atoms with Crippen molar-refractivity contribution in [3.63, 3.8) is 0 Å². The first-order chi connectivity index (χ1) is 16.5. The Morgan fingerprint density at radius 1 is 1.09 bits per heavy atom. The average Bonchev–Trinajstić information content (AvgIpc) is 2.85. The van der Waals surface area contributed by atoms with E-state index in [0.717, 1.165) is 16.6 Å². The van der Waals surface area contributed by atoms with Crippen LogP contribution in [0.5, 0.6) is 11.5 Å². The lowest BCUT2D eigenvalue weighted by Crippen LogP contribution is -2.24. The molecule has 170 valence electrons. The molecule has 0 spiro atoms. The van der Waals surface area contributed by atoms with Gasteiger partial charge in [-0.25, -0.2) is 9.97 Å². The number of hydrogen-bond donors (Lipinski definition) is 1. The summed E-state index contributed by atoms with van der Waals surface area (Å²) in [7, 11) is 1.67. The highest BCUT2D eigenvalue weighted by atomic mass is 16.5. The second kappa shape index (κ2) is 9.88. The van der Waals surface area contributed by atoms with Crippen molar-refractivity contribution < 1.29 is 9.53 Å². The standard InChI is InChI=1S/C26H23N5O3/c1-4-6-24(32)30(3)19-9-12-23-22(15-19)26(28-17-27-23)29-18-7-10-20(11-8-18)34-21-13-14-31(5-2)25(33)16-21/h7-17H,5H2,1-3H3,(H,27,28,29). The molecule has 0 fully saturated rings. The van der Waals surface area contributed by atoms with Gasteiger partial charge in [0.05, 0.1) is 5.52 Å². The van der Waals surface area contributed by atoms with Crippen molar-refractivity contribution in [2.75, 3.05) is 17.3 Å². The number of aryl methyl sites for hydroxylation is 1. The number of ether oxygens (including phenoxy) is 1. The first-order valence-corrected chi connectivity index (χ1v) is 10.7. The summed E-state index contributed by atoms with van der Waals surface area (Å²) >= 11 is 0. The van der Waals surface area contributed by atoms with Crippen LogP contribution in [0.2, 0.25) is 0 Å². The summed E-state index contributed by atoms with van der Waals surface area (Å²) < 4.78 is 7.40. The summed E-state index contributed by atoms with van der Waals surface area (Å²) in [5.74, 6) is 6.55. The van der Waals surface area contributed by atoms with E-state index in [-0.39, 0.29) is 11.5 Å². The third kappa shape index (κ3) is 4.89. The molecule has 34 heavy (non-hydrogen) atoms. The van der Waals surface area contributed by atoms with Gasteiger partial charge in [0.2, 0.25) is 0 Å². The highest BCUT2D eigenvalue weighted by Gasteiger charge is 2.12. The lowest BCUT2D eigenvalue weighted by atomic mass is 10.2. The summed E-state index contributed by atoms with van der Waals surface area (Å²) in [6.45, 7) is 4.15. The van der Waals surface area contributed by atoms with Crippen LogP contribution in [0.1, 0.15) is 13.8 Å². The van der Waals surface area contributed by atoms with Crippen LogP contribution >= 0.6 is 0 Å². The molecule has 0 aliphatic carbocycles. The molecule has 8 heteroatoms. The number of amides is 1. The molecular formula is C26H23N5O3. The molecule has 8 nitrogen and oxygen atoms in total. The number of benzene rings is 2. The molecular weight excluding hydrogens is 430 g/mol. The molecule has 0 bridgehead atoms. The molecule has 0 aliphatic heterocycles. The van der Waals surface area contributed by atoms with E-state index >= 15 is 0 Å². The zero-order valence-corrected chi connectivity index (χ0v) is 19.1. The molecule has 0 unspecified atom stereocenters. The molecule has 0 aliphatic rings. The number of fused-ring (bicyclic) bond motifs is 1. The first-order valence-electron chi connectivity index (χ1n) is 10.7. The number of nitrogens with zero attached hydrogens (tertiary/aromatic N) is 4. The van der Waals surface area contributed by atoms with Gasteiger partial charge in [0, 0.05) is 42.6 Å². The maximum absolute atomic E-state index is 12.1. The van der Waals surface area contributed by atoms with Crippen LogP contribution in [0.15, 0.2) is 71.9 Å². The number of rotatable bonds is 6. The highest BCUT2D eigenvalue weighted by molar-refractivity contribution is 6.06. The van der Waals surface area contributed by atoms with Gasteiger partial charge in [-0.3, -0.25) is 9.59 Å². The minimum absolute atomic E-state index is 0.109. The highest BCUT2D eigenvalue weighted by Crippen LogP contribution is 2.28. The fourth-order valence-corrected chi connectivity index (χ4v) is 3.35. The molecule has 1 amide bonds. The van der Waals surface area contributed by atoms with Gasteiger partial charge >= 0.3 is 5.91 Å². The van der Waals surface area contributed by atoms with Crippen LogP contribution in [0.4, 0.5) is 17.2 Å². The van der Waals surface area contributed by atoms with Crippen LogP contribution < -0.4 is 20.5 Å². The molecule has 4 rings (SSSR count). The van der Waals surface area contributed by atoms with Crippen LogP contribution in [0, 0.1) is 11.8 Å². The Kier molecular flexibility index (Phi) is 6.55. The Morgan fingerprint density at radius 2 is 1.88 bits per heavy atom. The Labute approximate surface area is 196 Å². The molecule has 4 aromatic rings. The number of aromatic nitrogens is 3. The normalized spacial score (nSPS) is 10.3. The van der Waals surface area contributed by atoms with E-state index in [1.165, 1.54) is 17.3 Å². The van der Waals surface area contributed by atoms with Crippen LogP contribution in [-0.2, 0) is 11.3 Å². The minimum Gasteiger partial charge on any atom is -0.457 e. The van der Waals surface area contributed by atoms with Crippen LogP contribution in [0.3, 0.4) is 0 Å². The Balaban J connectivity index is 1.55. The van der Waals surface area contributed by atoms with Gasteiger partial charge in [-0.15, -0.1) is 0 Å². The lowest BCUT2D eigenvalue weighted by molar-refractivity contribution is -0.113. The molecule has 2 heterocycles. The largest absolute Gasteiger partial charge is 0.457 e. The third-order valence-electron chi connectivity index (χ3n) is 5.20. The maximum atomic E-state index is 12.1. The monoisotopic (exact) mass is 453 g/mol. The molecule has 0 radical (unpaired) electrons. The topological polar surface area (TPSA) is 89.3 Å². The van der Waals surface area contributed by atoms with Gasteiger partial charge in [-0.1, -0.05) is 5.92 Å². The number of pyridine rings is 1. The summed E-state index contributed by atoms with van der Waals surface area (Å²) in [4.78, 5) is 34.3. The van der Waals surface area contributed by atoms with Crippen molar-refractivity contribution in [3.8, 4) is 23.3 Å². The number of nitrogens with one attached hydrogen (secondary N) is 1. The smallest absolute Gasteiger partial charge is 0.302 e. The Hall–Kier alpha value is -4.64. The van der Waals surface area contributed by atoms with Crippen molar-refractivity contribution in [1.29, 1.82) is 0 Å². The molecule has 2 aromatic heterocycles. The molecule has 0 atom stereocenters. The zero-order chi connectivity index (χ0) is 24.1. The van der Waals surface area contributed by atoms with Gasteiger partial charge < -0.3 is 19.5 Å². The van der Waals surface area contributed by atoms with Crippen LogP contribution in [-0.4, -0.2) is 27.5 Å². The van der Waals surface area contributed by atoms with Gasteiger partial charge in [0.25, 0.3) is 5.56 Å². The van der Waals surface area contributed by atoms with Crippen LogP contribution in [0.25, 0.3) is 10.9 Å². The minimum atomic E-state index is -0.296. The fourth-order valence-electron chi connectivity index (χ4n) is 3.35. The molecule has 0 saturated heterocycles. The van der Waals surface area contributed by atoms with Crippen molar-refractivity contribution in [3.05, 3.63) is 77.5 Å². The first kappa shape index (κ1) is 22.6. The van der Waals surface area contributed by atoms with Crippen molar-refractivity contribution >= 4 is 34.0 Å². The molecule has 2 aromatic carbocycles. The molecule has 1 N–H and O–H groups in total. The quantitative estimate of drug-likeness (QED) is 0.437. The fraction of sp³-hybridized carbons (Fsp3) is 0.154. The Morgan fingerprint density at radius 3 is 2.59 bits per heavy atom.